The van der Waals surface area contributed by atoms with E-state index in [1.54, 1.807) is 0 Å². The van der Waals surface area contributed by atoms with Crippen LogP contribution in [0.4, 0.5) is 0 Å². The molecule has 2 fully saturated rings. The number of aliphatic hydroxyl groups excluding tert-OH is 3. The highest BCUT2D eigenvalue weighted by molar-refractivity contribution is 5.65. The molecule has 1 aliphatic heterocycles. The van der Waals surface area contributed by atoms with Crippen molar-refractivity contribution in [3.8, 4) is 0 Å². The third-order valence-corrected chi connectivity index (χ3v) is 8.84. The molecule has 1 saturated heterocycles. The summed E-state index contributed by atoms with van der Waals surface area (Å²) in [7, 11) is 0. The van der Waals surface area contributed by atoms with Gasteiger partial charge in [0.15, 0.2) is 6.29 Å². The Bertz CT molecular complexity index is 828. The van der Waals surface area contributed by atoms with Gasteiger partial charge >= 0.3 is 5.97 Å². The quantitative estimate of drug-likeness (QED) is 0.146. The second kappa shape index (κ2) is 12.7. The summed E-state index contributed by atoms with van der Waals surface area (Å²) in [4.78, 5) is 15.9. The smallest absolute Gasteiger partial charge is 0.302 e. The number of rotatable bonds is 10. The van der Waals surface area contributed by atoms with Crippen LogP contribution in [0.5, 0.6) is 0 Å². The predicted molar refractivity (Wildman–Crippen MR) is 136 cm³/mol. The van der Waals surface area contributed by atoms with Crippen molar-refractivity contribution in [1.82, 2.24) is 0 Å². The van der Waals surface area contributed by atoms with Crippen LogP contribution in [0.2, 0.25) is 0 Å². The first-order valence-electron chi connectivity index (χ1n) is 13.5. The Morgan fingerprint density at radius 1 is 1.19 bits per heavy atom. The van der Waals surface area contributed by atoms with Crippen molar-refractivity contribution >= 4 is 5.97 Å². The van der Waals surface area contributed by atoms with Crippen LogP contribution in [0.15, 0.2) is 23.8 Å². The van der Waals surface area contributed by atoms with Crippen LogP contribution in [-0.2, 0) is 23.9 Å². The van der Waals surface area contributed by atoms with Crippen molar-refractivity contribution in [3.05, 3.63) is 23.8 Å². The van der Waals surface area contributed by atoms with Gasteiger partial charge in [0.25, 0.3) is 0 Å². The maximum atomic E-state index is 11.3. The highest BCUT2D eigenvalue weighted by atomic mass is 17.1. The van der Waals surface area contributed by atoms with Crippen LogP contribution in [0, 0.1) is 23.7 Å². The zero-order valence-electron chi connectivity index (χ0n) is 22.8. The van der Waals surface area contributed by atoms with E-state index in [2.05, 4.69) is 31.4 Å². The lowest BCUT2D eigenvalue weighted by atomic mass is 9.57. The molecule has 0 radical (unpaired) electrons. The minimum atomic E-state index is -1.49. The van der Waals surface area contributed by atoms with Gasteiger partial charge in [-0.05, 0) is 88.5 Å². The summed E-state index contributed by atoms with van der Waals surface area (Å²) in [5, 5.41) is 40.7. The van der Waals surface area contributed by atoms with Crippen LogP contribution >= 0.6 is 0 Å². The molecule has 9 nitrogen and oxygen atoms in total. The van der Waals surface area contributed by atoms with Gasteiger partial charge in [0, 0.05) is 6.92 Å². The van der Waals surface area contributed by atoms with E-state index < -0.39 is 42.3 Å². The van der Waals surface area contributed by atoms with E-state index in [0.29, 0.717) is 18.3 Å². The van der Waals surface area contributed by atoms with E-state index in [1.165, 1.54) is 12.5 Å². The molecule has 0 unspecified atom stereocenters. The lowest BCUT2D eigenvalue weighted by molar-refractivity contribution is -0.337. The molecule has 0 amide bonds. The van der Waals surface area contributed by atoms with Gasteiger partial charge in [-0.2, -0.15) is 0 Å². The molecule has 0 aromatic rings. The Morgan fingerprint density at radius 3 is 2.51 bits per heavy atom. The van der Waals surface area contributed by atoms with Crippen LogP contribution in [0.3, 0.4) is 0 Å². The number of esters is 1. The molecule has 0 aromatic carbocycles. The predicted octanol–water partition coefficient (Wildman–Crippen LogP) is 3.37. The van der Waals surface area contributed by atoms with E-state index in [1.807, 2.05) is 13.8 Å². The molecule has 0 spiro atoms. The van der Waals surface area contributed by atoms with Crippen molar-refractivity contribution in [2.75, 3.05) is 6.61 Å². The Labute approximate surface area is 220 Å². The molecule has 1 heterocycles. The molecular formula is C28H46O9. The highest BCUT2D eigenvalue weighted by Crippen LogP contribution is 2.52. The maximum absolute atomic E-state index is 11.3. The zero-order chi connectivity index (χ0) is 27.5. The standard InChI is InChI=1S/C28H46O9/c1-15(2)22(37-33)10-8-17(4)19-11-12-28(6,21-9-7-16(3)13-20(19)21)36-27-26(32)25(31)24(30)23(35-27)14-34-18(5)29/h13,17,19-27,30-33H,1,7-12,14H2,2-6H3/t17-,19+,20+,21+,22-,23-,24+,25+,26-,27+,28+/m1/s1. The fourth-order valence-corrected chi connectivity index (χ4v) is 6.51. The zero-order valence-corrected chi connectivity index (χ0v) is 22.8. The summed E-state index contributed by atoms with van der Waals surface area (Å²) in [6.07, 6.45) is 0.641. The van der Waals surface area contributed by atoms with Gasteiger partial charge in [-0.15, -0.1) is 0 Å². The average Bonchev–Trinajstić information content (AvgIpc) is 2.83. The Morgan fingerprint density at radius 2 is 1.89 bits per heavy atom. The third-order valence-electron chi connectivity index (χ3n) is 8.84. The SMILES string of the molecule is C=C(C)[C@@H](CC[C@@H](C)[C@@H]1CC[C@](C)(O[C@@H]2O[C@H](COC(C)=O)[C@H](O)[C@H](O)[C@H]2O)[C@H]2CCC(C)=C[C@@H]12)OO. The van der Waals surface area contributed by atoms with Gasteiger partial charge in [-0.25, -0.2) is 4.89 Å². The van der Waals surface area contributed by atoms with Crippen LogP contribution < -0.4 is 0 Å². The van der Waals surface area contributed by atoms with Crippen molar-refractivity contribution in [3.63, 3.8) is 0 Å². The first-order chi connectivity index (χ1) is 17.4. The number of ether oxygens (including phenoxy) is 3. The molecule has 9 heteroatoms. The average molecular weight is 527 g/mol. The van der Waals surface area contributed by atoms with Crippen molar-refractivity contribution in [1.29, 1.82) is 0 Å². The lowest BCUT2D eigenvalue weighted by Crippen LogP contribution is -2.62. The summed E-state index contributed by atoms with van der Waals surface area (Å²) in [5.74, 6) is 0.727. The number of fused-ring (bicyclic) bond motifs is 1. The number of hydrogen-bond acceptors (Lipinski definition) is 9. The summed E-state index contributed by atoms with van der Waals surface area (Å²) >= 11 is 0. The largest absolute Gasteiger partial charge is 0.463 e. The van der Waals surface area contributed by atoms with Crippen LogP contribution in [0.25, 0.3) is 0 Å². The van der Waals surface area contributed by atoms with Crippen LogP contribution in [-0.4, -0.2) is 75.6 Å². The summed E-state index contributed by atoms with van der Waals surface area (Å²) in [6.45, 7) is 13.2. The van der Waals surface area contributed by atoms with Gasteiger partial charge in [-0.1, -0.05) is 25.2 Å². The third kappa shape index (κ3) is 7.01. The topological polar surface area (TPSA) is 135 Å². The minimum Gasteiger partial charge on any atom is -0.463 e. The van der Waals surface area contributed by atoms with Crippen molar-refractivity contribution < 1.29 is 44.5 Å². The number of carbonyl (C=O) groups is 1. The Hall–Kier alpha value is -1.33. The fourth-order valence-electron chi connectivity index (χ4n) is 6.51. The second-order valence-corrected chi connectivity index (χ2v) is 11.7. The molecular weight excluding hydrogens is 480 g/mol. The van der Waals surface area contributed by atoms with E-state index in [0.717, 1.165) is 37.7 Å². The summed E-state index contributed by atoms with van der Waals surface area (Å²) in [6, 6.07) is 0. The first kappa shape index (κ1) is 30.2. The molecule has 0 aromatic heterocycles. The highest BCUT2D eigenvalue weighted by Gasteiger charge is 2.53. The molecule has 37 heavy (non-hydrogen) atoms. The number of hydrogen-bond donors (Lipinski definition) is 4. The maximum Gasteiger partial charge on any atom is 0.302 e. The van der Waals surface area contributed by atoms with Gasteiger partial charge < -0.3 is 29.5 Å². The van der Waals surface area contributed by atoms with E-state index >= 15 is 0 Å². The van der Waals surface area contributed by atoms with Crippen molar-refractivity contribution in [2.24, 2.45) is 23.7 Å². The molecule has 0 bridgehead atoms. The van der Waals surface area contributed by atoms with Crippen LogP contribution in [0.1, 0.15) is 73.1 Å². The molecule has 1 saturated carbocycles. The number of carbonyl (C=O) groups excluding carboxylic acids is 1. The summed E-state index contributed by atoms with van der Waals surface area (Å²) < 4.78 is 17.3. The van der Waals surface area contributed by atoms with Gasteiger partial charge in [0.05, 0.1) is 5.60 Å². The first-order valence-corrected chi connectivity index (χ1v) is 13.5. The monoisotopic (exact) mass is 526 g/mol. The second-order valence-electron chi connectivity index (χ2n) is 11.7. The molecule has 3 aliphatic rings. The molecule has 4 N–H and O–H groups in total. The fraction of sp³-hybridized carbons (Fsp3) is 0.821. The molecule has 2 aliphatic carbocycles. The van der Waals surface area contributed by atoms with Gasteiger partial charge in [0.1, 0.15) is 37.1 Å². The summed E-state index contributed by atoms with van der Waals surface area (Å²) in [5.41, 5.74) is 1.54. The number of aliphatic hydroxyl groups is 3. The van der Waals surface area contributed by atoms with Gasteiger partial charge in [0.2, 0.25) is 0 Å². The Kier molecular flexibility index (Phi) is 10.4. The lowest BCUT2D eigenvalue weighted by Gasteiger charge is -2.54. The van der Waals surface area contributed by atoms with E-state index in [-0.39, 0.29) is 24.5 Å². The molecule has 3 rings (SSSR count). The van der Waals surface area contributed by atoms with E-state index in [4.69, 9.17) is 14.2 Å². The Balaban J connectivity index is 1.75. The number of allylic oxidation sites excluding steroid dienone is 2. The minimum absolute atomic E-state index is 0.176. The normalized spacial score (nSPS) is 39.8. The van der Waals surface area contributed by atoms with Crippen molar-refractivity contribution in [2.45, 2.75) is 116 Å². The molecule has 212 valence electrons. The van der Waals surface area contributed by atoms with E-state index in [9.17, 15) is 25.4 Å². The molecule has 11 atom stereocenters. The van der Waals surface area contributed by atoms with Gasteiger partial charge in [-0.3, -0.25) is 10.1 Å².